The van der Waals surface area contributed by atoms with Crippen molar-refractivity contribution in [1.82, 2.24) is 4.98 Å². The van der Waals surface area contributed by atoms with E-state index in [0.29, 0.717) is 23.8 Å². The third-order valence-corrected chi connectivity index (χ3v) is 6.91. The van der Waals surface area contributed by atoms with E-state index in [0.717, 1.165) is 53.8 Å². The van der Waals surface area contributed by atoms with Crippen molar-refractivity contribution in [2.45, 2.75) is 71.3 Å². The number of fused-ring (bicyclic) bond motifs is 1. The van der Waals surface area contributed by atoms with Gasteiger partial charge in [-0.25, -0.2) is 4.39 Å². The minimum atomic E-state index is -2.85. The molecule has 3 nitrogen and oxygen atoms in total. The molecule has 0 amide bonds. The highest BCUT2D eigenvalue weighted by atomic mass is 19.3. The van der Waals surface area contributed by atoms with Gasteiger partial charge in [0.25, 0.3) is 0 Å². The summed E-state index contributed by atoms with van der Waals surface area (Å²) in [6.45, 7) is 0.0964. The number of aryl methyl sites for hydroxylation is 4. The van der Waals surface area contributed by atoms with Crippen molar-refractivity contribution >= 4 is 10.8 Å². The number of hydrogen-bond acceptors (Lipinski definition) is 3. The molecule has 0 aliphatic rings. The smallest absolute Gasteiger partial charge is 0.387 e. The number of rotatable bonds is 15. The molecule has 1 heterocycles. The minimum Gasteiger partial charge on any atom is -0.492 e. The first-order valence-electron chi connectivity index (χ1n) is 13.8. The highest BCUT2D eigenvalue weighted by Crippen LogP contribution is 2.25. The fourth-order valence-electron chi connectivity index (χ4n) is 4.66. The van der Waals surface area contributed by atoms with Gasteiger partial charge in [0.2, 0.25) is 0 Å². The van der Waals surface area contributed by atoms with Crippen LogP contribution in [0.2, 0.25) is 0 Å². The third-order valence-electron chi connectivity index (χ3n) is 6.91. The van der Waals surface area contributed by atoms with Gasteiger partial charge in [0.05, 0.1) is 12.8 Å². The van der Waals surface area contributed by atoms with Gasteiger partial charge in [0.1, 0.15) is 17.3 Å². The quantitative estimate of drug-likeness (QED) is 0.142. The Labute approximate surface area is 229 Å². The lowest BCUT2D eigenvalue weighted by Crippen LogP contribution is -2.02. The predicted molar refractivity (Wildman–Crippen MR) is 150 cm³/mol. The zero-order chi connectivity index (χ0) is 27.5. The van der Waals surface area contributed by atoms with Gasteiger partial charge in [0.15, 0.2) is 0 Å². The summed E-state index contributed by atoms with van der Waals surface area (Å²) in [7, 11) is 0. The van der Waals surface area contributed by atoms with Gasteiger partial charge in [-0.2, -0.15) is 8.78 Å². The Morgan fingerprint density at radius 1 is 0.744 bits per heavy atom. The van der Waals surface area contributed by atoms with Crippen LogP contribution in [0.3, 0.4) is 0 Å². The molecule has 0 saturated carbocycles. The summed E-state index contributed by atoms with van der Waals surface area (Å²) in [5, 5.41) is 1.48. The minimum absolute atomic E-state index is 0.117. The lowest BCUT2D eigenvalue weighted by atomic mass is 9.98. The number of pyridine rings is 1. The molecule has 0 radical (unpaired) electrons. The topological polar surface area (TPSA) is 31.4 Å². The standard InChI is InChI=1S/C33H36F3NO2/c1-2-3-4-5-6-21-38-30-19-16-28(37-23-30)15-8-25-11-20-31-27(22-25)14-13-26(32(31)34)12-7-24-9-17-29(18-10-24)39-33(35)36/h9-11,13-14,16-20,22-23,33H,2-8,12,15,21H2,1H3. The normalized spacial score (nSPS) is 11.3. The van der Waals surface area contributed by atoms with Gasteiger partial charge in [-0.3, -0.25) is 4.98 Å². The van der Waals surface area contributed by atoms with E-state index in [1.54, 1.807) is 18.3 Å². The van der Waals surface area contributed by atoms with Gasteiger partial charge in [-0.15, -0.1) is 0 Å². The van der Waals surface area contributed by atoms with Crippen LogP contribution in [0.5, 0.6) is 11.5 Å². The second kappa shape index (κ2) is 14.6. The first-order valence-corrected chi connectivity index (χ1v) is 13.8. The Kier molecular flexibility index (Phi) is 10.6. The number of hydrogen-bond donors (Lipinski definition) is 0. The van der Waals surface area contributed by atoms with Crippen LogP contribution < -0.4 is 9.47 Å². The Hall–Kier alpha value is -3.54. The maximum Gasteiger partial charge on any atom is 0.387 e. The summed E-state index contributed by atoms with van der Waals surface area (Å²) in [5.74, 6) is 0.718. The molecule has 39 heavy (non-hydrogen) atoms. The second-order valence-corrected chi connectivity index (χ2v) is 9.86. The Morgan fingerprint density at radius 2 is 1.49 bits per heavy atom. The van der Waals surface area contributed by atoms with E-state index in [1.807, 2.05) is 42.5 Å². The van der Waals surface area contributed by atoms with Crippen LogP contribution in [0.1, 0.15) is 61.4 Å². The molecule has 0 fully saturated rings. The molecular formula is C33H36F3NO2. The Bertz CT molecular complexity index is 1310. The van der Waals surface area contributed by atoms with Crippen LogP contribution in [0.15, 0.2) is 72.9 Å². The molecule has 0 spiro atoms. The van der Waals surface area contributed by atoms with E-state index in [9.17, 15) is 8.78 Å². The molecule has 0 bridgehead atoms. The number of aromatic nitrogens is 1. The molecular weight excluding hydrogens is 499 g/mol. The molecule has 6 heteroatoms. The largest absolute Gasteiger partial charge is 0.492 e. The summed E-state index contributed by atoms with van der Waals surface area (Å²) in [6.07, 6.45) is 10.6. The molecule has 4 rings (SSSR count). The van der Waals surface area contributed by atoms with Crippen LogP contribution in [-0.2, 0) is 25.7 Å². The van der Waals surface area contributed by atoms with Gasteiger partial charge in [-0.1, -0.05) is 75.1 Å². The van der Waals surface area contributed by atoms with Crippen molar-refractivity contribution in [1.29, 1.82) is 0 Å². The molecule has 1 aromatic heterocycles. The lowest BCUT2D eigenvalue weighted by Gasteiger charge is -2.10. The summed E-state index contributed by atoms with van der Waals surface area (Å²) < 4.78 is 50.1. The SMILES string of the molecule is CCCCCCCOc1ccc(CCc2ccc3c(F)c(CCc4ccc(OC(F)F)cc4)ccc3c2)nc1. The number of alkyl halides is 2. The van der Waals surface area contributed by atoms with E-state index in [2.05, 4.69) is 16.6 Å². The zero-order valence-corrected chi connectivity index (χ0v) is 22.5. The molecule has 3 aromatic carbocycles. The second-order valence-electron chi connectivity index (χ2n) is 9.86. The van der Waals surface area contributed by atoms with Crippen LogP contribution in [0.25, 0.3) is 10.8 Å². The van der Waals surface area contributed by atoms with E-state index in [4.69, 9.17) is 4.74 Å². The monoisotopic (exact) mass is 535 g/mol. The van der Waals surface area contributed by atoms with Gasteiger partial charge >= 0.3 is 6.61 Å². The number of ether oxygens (including phenoxy) is 2. The van der Waals surface area contributed by atoms with Crippen molar-refractivity contribution in [3.63, 3.8) is 0 Å². The van der Waals surface area contributed by atoms with E-state index < -0.39 is 6.61 Å². The molecule has 0 N–H and O–H groups in total. The third kappa shape index (κ3) is 8.74. The summed E-state index contributed by atoms with van der Waals surface area (Å²) in [6, 6.07) is 20.1. The Balaban J connectivity index is 1.28. The maximum absolute atomic E-state index is 15.2. The maximum atomic E-state index is 15.2. The fourth-order valence-corrected chi connectivity index (χ4v) is 4.66. The molecule has 4 aromatic rings. The summed E-state index contributed by atoms with van der Waals surface area (Å²) >= 11 is 0. The summed E-state index contributed by atoms with van der Waals surface area (Å²) in [5.41, 5.74) is 3.70. The van der Waals surface area contributed by atoms with Gasteiger partial charge < -0.3 is 9.47 Å². The first-order chi connectivity index (χ1) is 19.0. The fraction of sp³-hybridized carbons (Fsp3) is 0.364. The number of unbranched alkanes of at least 4 members (excludes halogenated alkanes) is 4. The van der Waals surface area contributed by atoms with Gasteiger partial charge in [-0.05, 0) is 78.4 Å². The van der Waals surface area contributed by atoms with Crippen molar-refractivity contribution < 1.29 is 22.6 Å². The lowest BCUT2D eigenvalue weighted by molar-refractivity contribution is -0.0498. The van der Waals surface area contributed by atoms with Crippen LogP contribution >= 0.6 is 0 Å². The van der Waals surface area contributed by atoms with Gasteiger partial charge in [0, 0.05) is 11.1 Å². The average molecular weight is 536 g/mol. The molecule has 0 atom stereocenters. The average Bonchev–Trinajstić information content (AvgIpc) is 2.94. The van der Waals surface area contributed by atoms with E-state index in [-0.39, 0.29) is 11.6 Å². The zero-order valence-electron chi connectivity index (χ0n) is 22.5. The Morgan fingerprint density at radius 3 is 2.23 bits per heavy atom. The predicted octanol–water partition coefficient (Wildman–Crippen LogP) is 8.89. The highest BCUT2D eigenvalue weighted by molar-refractivity contribution is 5.84. The molecule has 0 aliphatic carbocycles. The van der Waals surface area contributed by atoms with Crippen molar-refractivity contribution in [3.8, 4) is 11.5 Å². The number of halogens is 3. The van der Waals surface area contributed by atoms with E-state index in [1.165, 1.54) is 37.8 Å². The molecule has 0 unspecified atom stereocenters. The van der Waals surface area contributed by atoms with Crippen LogP contribution in [-0.4, -0.2) is 18.2 Å². The highest BCUT2D eigenvalue weighted by Gasteiger charge is 2.10. The van der Waals surface area contributed by atoms with Crippen LogP contribution in [0.4, 0.5) is 13.2 Å². The summed E-state index contributed by atoms with van der Waals surface area (Å²) in [4.78, 5) is 4.55. The molecule has 0 aliphatic heterocycles. The number of benzene rings is 3. The number of nitrogens with zero attached hydrogens (tertiary/aromatic N) is 1. The van der Waals surface area contributed by atoms with Crippen molar-refractivity contribution in [2.75, 3.05) is 6.61 Å². The van der Waals surface area contributed by atoms with E-state index >= 15 is 4.39 Å². The molecule has 206 valence electrons. The van der Waals surface area contributed by atoms with Crippen LogP contribution in [0, 0.1) is 5.82 Å². The molecule has 0 saturated heterocycles. The van der Waals surface area contributed by atoms with Crippen molar-refractivity contribution in [2.24, 2.45) is 0 Å². The first kappa shape index (κ1) is 28.5. The van der Waals surface area contributed by atoms with Crippen molar-refractivity contribution in [3.05, 3.63) is 101 Å².